The van der Waals surface area contributed by atoms with Gasteiger partial charge >= 0.3 is 0 Å². The van der Waals surface area contributed by atoms with Gasteiger partial charge in [0.1, 0.15) is 5.75 Å². The first kappa shape index (κ1) is 12.1. The smallest absolute Gasteiger partial charge is 0.124 e. The molecule has 1 N–H and O–H groups in total. The van der Waals surface area contributed by atoms with E-state index in [9.17, 15) is 0 Å². The van der Waals surface area contributed by atoms with Gasteiger partial charge in [0.15, 0.2) is 0 Å². The van der Waals surface area contributed by atoms with E-state index in [0.29, 0.717) is 6.04 Å². The van der Waals surface area contributed by atoms with E-state index in [2.05, 4.69) is 44.3 Å². The molecule has 0 amide bonds. The van der Waals surface area contributed by atoms with Gasteiger partial charge in [-0.05, 0) is 38.9 Å². The maximum absolute atomic E-state index is 5.65. The van der Waals surface area contributed by atoms with E-state index in [1.165, 1.54) is 11.1 Å². The lowest BCUT2D eigenvalue weighted by Gasteiger charge is -2.17. The molecule has 0 fully saturated rings. The summed E-state index contributed by atoms with van der Waals surface area (Å²) in [4.78, 5) is 0. The van der Waals surface area contributed by atoms with Crippen LogP contribution in [0.4, 0.5) is 0 Å². The van der Waals surface area contributed by atoms with E-state index in [4.69, 9.17) is 4.74 Å². The van der Waals surface area contributed by atoms with Crippen LogP contribution >= 0.6 is 0 Å². The Bertz CT molecular complexity index is 309. The molecule has 0 aliphatic heterocycles. The first-order chi connectivity index (χ1) is 7.19. The van der Waals surface area contributed by atoms with Crippen molar-refractivity contribution < 1.29 is 4.74 Å². The molecule has 1 unspecified atom stereocenters. The second kappa shape index (κ2) is 5.76. The summed E-state index contributed by atoms with van der Waals surface area (Å²) in [6.45, 7) is 10.1. The Labute approximate surface area is 92.6 Å². The fraction of sp³-hybridized carbons (Fsp3) is 0.538. The molecule has 0 spiro atoms. The van der Waals surface area contributed by atoms with Crippen LogP contribution in [0.1, 0.15) is 37.9 Å². The lowest BCUT2D eigenvalue weighted by atomic mass is 10.1. The largest absolute Gasteiger partial charge is 0.494 e. The molecular formula is C13H21NO. The quantitative estimate of drug-likeness (QED) is 0.801. The number of benzene rings is 1. The van der Waals surface area contributed by atoms with Gasteiger partial charge < -0.3 is 10.1 Å². The van der Waals surface area contributed by atoms with Crippen molar-refractivity contribution in [3.63, 3.8) is 0 Å². The standard InChI is InChI=1S/C13H21NO/c1-5-14-11(4)12-8-7-10(3)9-13(12)15-6-2/h7-9,11,14H,5-6H2,1-4H3. The average Bonchev–Trinajstić information content (AvgIpc) is 2.18. The van der Waals surface area contributed by atoms with E-state index in [-0.39, 0.29) is 0 Å². The van der Waals surface area contributed by atoms with E-state index >= 15 is 0 Å². The molecule has 0 heterocycles. The molecule has 84 valence electrons. The molecule has 0 radical (unpaired) electrons. The van der Waals surface area contributed by atoms with Crippen molar-refractivity contribution in [1.82, 2.24) is 5.32 Å². The van der Waals surface area contributed by atoms with Gasteiger partial charge in [-0.1, -0.05) is 19.1 Å². The maximum atomic E-state index is 5.65. The SMILES string of the molecule is CCNC(C)c1ccc(C)cc1OCC. The van der Waals surface area contributed by atoms with E-state index in [0.717, 1.165) is 18.9 Å². The molecule has 2 heteroatoms. The molecule has 0 bridgehead atoms. The Morgan fingerprint density at radius 2 is 2.07 bits per heavy atom. The summed E-state index contributed by atoms with van der Waals surface area (Å²) in [5, 5.41) is 3.40. The lowest BCUT2D eigenvalue weighted by molar-refractivity contribution is 0.332. The monoisotopic (exact) mass is 207 g/mol. The predicted molar refractivity (Wildman–Crippen MR) is 64.4 cm³/mol. The Balaban J connectivity index is 2.93. The van der Waals surface area contributed by atoms with E-state index in [1.54, 1.807) is 0 Å². The molecular weight excluding hydrogens is 186 g/mol. The number of aryl methyl sites for hydroxylation is 1. The van der Waals surface area contributed by atoms with Crippen molar-refractivity contribution in [3.8, 4) is 5.75 Å². The van der Waals surface area contributed by atoms with Gasteiger partial charge in [0.25, 0.3) is 0 Å². The molecule has 2 nitrogen and oxygen atoms in total. The molecule has 1 rings (SSSR count). The molecule has 0 aliphatic carbocycles. The highest BCUT2D eigenvalue weighted by Crippen LogP contribution is 2.26. The fourth-order valence-electron chi connectivity index (χ4n) is 1.70. The summed E-state index contributed by atoms with van der Waals surface area (Å²) < 4.78 is 5.65. The van der Waals surface area contributed by atoms with Crippen LogP contribution in [0.2, 0.25) is 0 Å². The zero-order valence-corrected chi connectivity index (χ0v) is 10.1. The van der Waals surface area contributed by atoms with Gasteiger partial charge in [-0.2, -0.15) is 0 Å². The highest BCUT2D eigenvalue weighted by molar-refractivity contribution is 5.39. The normalized spacial score (nSPS) is 12.5. The Hall–Kier alpha value is -1.02. The minimum absolute atomic E-state index is 0.345. The van der Waals surface area contributed by atoms with Crippen LogP contribution in [-0.2, 0) is 0 Å². The van der Waals surface area contributed by atoms with Crippen LogP contribution in [0, 0.1) is 6.92 Å². The van der Waals surface area contributed by atoms with E-state index < -0.39 is 0 Å². The first-order valence-corrected chi connectivity index (χ1v) is 5.65. The third-order valence-corrected chi connectivity index (χ3v) is 2.45. The van der Waals surface area contributed by atoms with Gasteiger partial charge in [0.05, 0.1) is 6.61 Å². The molecule has 1 aromatic carbocycles. The minimum Gasteiger partial charge on any atom is -0.494 e. The summed E-state index contributed by atoms with van der Waals surface area (Å²) in [6.07, 6.45) is 0. The van der Waals surface area contributed by atoms with Gasteiger partial charge in [0.2, 0.25) is 0 Å². The molecule has 0 aromatic heterocycles. The van der Waals surface area contributed by atoms with Crippen molar-refractivity contribution in [1.29, 1.82) is 0 Å². The Morgan fingerprint density at radius 3 is 2.67 bits per heavy atom. The topological polar surface area (TPSA) is 21.3 Å². The number of nitrogens with one attached hydrogen (secondary N) is 1. The Kier molecular flexibility index (Phi) is 4.63. The molecule has 15 heavy (non-hydrogen) atoms. The van der Waals surface area contributed by atoms with Crippen molar-refractivity contribution in [2.75, 3.05) is 13.2 Å². The molecule has 0 saturated carbocycles. The highest BCUT2D eigenvalue weighted by atomic mass is 16.5. The van der Waals surface area contributed by atoms with E-state index in [1.807, 2.05) is 6.92 Å². The molecule has 1 aromatic rings. The predicted octanol–water partition coefficient (Wildman–Crippen LogP) is 3.06. The van der Waals surface area contributed by atoms with Crippen molar-refractivity contribution >= 4 is 0 Å². The molecule has 1 atom stereocenters. The maximum Gasteiger partial charge on any atom is 0.124 e. The number of hydrogen-bond donors (Lipinski definition) is 1. The van der Waals surface area contributed by atoms with Gasteiger partial charge in [-0.15, -0.1) is 0 Å². The number of rotatable bonds is 5. The molecule has 0 saturated heterocycles. The summed E-state index contributed by atoms with van der Waals surface area (Å²) in [6, 6.07) is 6.73. The second-order valence-electron chi connectivity index (χ2n) is 3.75. The Morgan fingerprint density at radius 1 is 1.33 bits per heavy atom. The van der Waals surface area contributed by atoms with Gasteiger partial charge in [0, 0.05) is 11.6 Å². The highest BCUT2D eigenvalue weighted by Gasteiger charge is 2.10. The van der Waals surface area contributed by atoms with Crippen LogP contribution in [0.3, 0.4) is 0 Å². The first-order valence-electron chi connectivity index (χ1n) is 5.65. The van der Waals surface area contributed by atoms with Crippen LogP contribution in [0.5, 0.6) is 5.75 Å². The van der Waals surface area contributed by atoms with Crippen molar-refractivity contribution in [2.24, 2.45) is 0 Å². The fourth-order valence-corrected chi connectivity index (χ4v) is 1.70. The van der Waals surface area contributed by atoms with Crippen LogP contribution in [0.25, 0.3) is 0 Å². The number of ether oxygens (including phenoxy) is 1. The second-order valence-corrected chi connectivity index (χ2v) is 3.75. The van der Waals surface area contributed by atoms with Crippen molar-refractivity contribution in [2.45, 2.75) is 33.7 Å². The third kappa shape index (κ3) is 3.24. The minimum atomic E-state index is 0.345. The zero-order valence-electron chi connectivity index (χ0n) is 10.1. The van der Waals surface area contributed by atoms with Gasteiger partial charge in [-0.3, -0.25) is 0 Å². The van der Waals surface area contributed by atoms with Crippen molar-refractivity contribution in [3.05, 3.63) is 29.3 Å². The van der Waals surface area contributed by atoms with Gasteiger partial charge in [-0.25, -0.2) is 0 Å². The average molecular weight is 207 g/mol. The zero-order chi connectivity index (χ0) is 11.3. The third-order valence-electron chi connectivity index (χ3n) is 2.45. The van der Waals surface area contributed by atoms with Crippen LogP contribution in [-0.4, -0.2) is 13.2 Å². The number of hydrogen-bond acceptors (Lipinski definition) is 2. The summed E-state index contributed by atoms with van der Waals surface area (Å²) in [5.41, 5.74) is 2.48. The van der Waals surface area contributed by atoms with Crippen LogP contribution in [0.15, 0.2) is 18.2 Å². The summed E-state index contributed by atoms with van der Waals surface area (Å²) in [7, 11) is 0. The molecule has 0 aliphatic rings. The summed E-state index contributed by atoms with van der Waals surface area (Å²) in [5.74, 6) is 1.01. The van der Waals surface area contributed by atoms with Crippen LogP contribution < -0.4 is 10.1 Å². The lowest BCUT2D eigenvalue weighted by Crippen LogP contribution is -2.18. The summed E-state index contributed by atoms with van der Waals surface area (Å²) >= 11 is 0.